The van der Waals surface area contributed by atoms with Crippen LogP contribution in [-0.2, 0) is 27.2 Å². The minimum atomic E-state index is -0.686. The molecule has 0 aliphatic carbocycles. The Morgan fingerprint density at radius 1 is 1.38 bits per heavy atom. The molecule has 1 amide bonds. The van der Waals surface area contributed by atoms with Crippen LogP contribution in [0.2, 0.25) is 0 Å². The van der Waals surface area contributed by atoms with Crippen LogP contribution in [0.3, 0.4) is 0 Å². The molecule has 3 rings (SSSR count). The number of benzene rings is 1. The third-order valence-corrected chi connectivity index (χ3v) is 5.16. The number of thiazole rings is 1. The summed E-state index contributed by atoms with van der Waals surface area (Å²) >= 11 is 1.51. The van der Waals surface area contributed by atoms with Crippen LogP contribution in [0.4, 0.5) is 5.69 Å². The first-order valence-corrected chi connectivity index (χ1v) is 9.68. The van der Waals surface area contributed by atoms with E-state index in [2.05, 4.69) is 27.3 Å². The van der Waals surface area contributed by atoms with E-state index in [1.165, 1.54) is 24.0 Å². The van der Waals surface area contributed by atoms with Crippen LogP contribution in [0.1, 0.15) is 24.1 Å². The van der Waals surface area contributed by atoms with Crippen molar-refractivity contribution in [2.45, 2.75) is 31.7 Å². The number of nitrogens with zero attached hydrogens (tertiary/aromatic N) is 2. The maximum atomic E-state index is 12.3. The number of rotatable bonds is 7. The molecule has 0 saturated heterocycles. The molecule has 1 aromatic heterocycles. The molecule has 2 heterocycles. The summed E-state index contributed by atoms with van der Waals surface area (Å²) in [5.41, 5.74) is 5.05. The molecule has 2 aromatic rings. The molecule has 0 spiro atoms. The SMILES string of the molecule is COC(=O)C(CN1CCCc2ccccc21)NC(=O)CCc1cscn1. The van der Waals surface area contributed by atoms with Crippen molar-refractivity contribution in [2.24, 2.45) is 0 Å². The van der Waals surface area contributed by atoms with E-state index in [1.54, 1.807) is 5.51 Å². The van der Waals surface area contributed by atoms with E-state index in [1.807, 2.05) is 17.5 Å². The van der Waals surface area contributed by atoms with Gasteiger partial charge in [-0.25, -0.2) is 9.78 Å². The molecular weight excluding hydrogens is 350 g/mol. The van der Waals surface area contributed by atoms with E-state index < -0.39 is 12.0 Å². The van der Waals surface area contributed by atoms with Crippen LogP contribution >= 0.6 is 11.3 Å². The van der Waals surface area contributed by atoms with Gasteiger partial charge in [0.05, 0.1) is 18.3 Å². The molecular formula is C19H23N3O3S. The number of amides is 1. The van der Waals surface area contributed by atoms with E-state index >= 15 is 0 Å². The van der Waals surface area contributed by atoms with E-state index in [-0.39, 0.29) is 5.91 Å². The molecule has 6 nitrogen and oxygen atoms in total. The van der Waals surface area contributed by atoms with Crippen LogP contribution in [0.5, 0.6) is 0 Å². The number of carbonyl (C=O) groups excluding carboxylic acids is 2. The van der Waals surface area contributed by atoms with Crippen molar-refractivity contribution in [3.8, 4) is 0 Å². The van der Waals surface area contributed by atoms with E-state index in [4.69, 9.17) is 4.74 Å². The van der Waals surface area contributed by atoms with Gasteiger partial charge in [-0.15, -0.1) is 11.3 Å². The van der Waals surface area contributed by atoms with E-state index in [9.17, 15) is 9.59 Å². The van der Waals surface area contributed by atoms with Crippen LogP contribution in [0, 0.1) is 0 Å². The number of fused-ring (bicyclic) bond motifs is 1. The minimum absolute atomic E-state index is 0.168. The van der Waals surface area contributed by atoms with Crippen molar-refractivity contribution >= 4 is 28.9 Å². The summed E-state index contributed by atoms with van der Waals surface area (Å²) < 4.78 is 4.90. The van der Waals surface area contributed by atoms with Crippen molar-refractivity contribution in [2.75, 3.05) is 25.1 Å². The van der Waals surface area contributed by atoms with Crippen molar-refractivity contribution in [3.05, 3.63) is 46.4 Å². The van der Waals surface area contributed by atoms with Crippen LogP contribution in [0.25, 0.3) is 0 Å². The second-order valence-electron chi connectivity index (χ2n) is 6.30. The molecule has 0 radical (unpaired) electrons. The van der Waals surface area contributed by atoms with Crippen molar-refractivity contribution < 1.29 is 14.3 Å². The zero-order valence-corrected chi connectivity index (χ0v) is 15.6. The Hall–Kier alpha value is -2.41. The summed E-state index contributed by atoms with van der Waals surface area (Å²) in [5.74, 6) is -0.589. The molecule has 1 N–H and O–H groups in total. The second-order valence-corrected chi connectivity index (χ2v) is 7.02. The predicted octanol–water partition coefficient (Wildman–Crippen LogP) is 2.19. The van der Waals surface area contributed by atoms with Gasteiger partial charge in [0.15, 0.2) is 0 Å². The first-order valence-electron chi connectivity index (χ1n) is 8.74. The predicted molar refractivity (Wildman–Crippen MR) is 101 cm³/mol. The summed E-state index contributed by atoms with van der Waals surface area (Å²) in [6.45, 7) is 1.27. The molecule has 1 aliphatic rings. The number of anilines is 1. The molecule has 7 heteroatoms. The Balaban J connectivity index is 1.63. The molecule has 1 unspecified atom stereocenters. The Bertz CT molecular complexity index is 748. The molecule has 0 bridgehead atoms. The summed E-state index contributed by atoms with van der Waals surface area (Å²) in [6, 6.07) is 7.51. The number of nitrogens with one attached hydrogen (secondary N) is 1. The summed E-state index contributed by atoms with van der Waals surface area (Å²) in [4.78, 5) is 30.8. The zero-order valence-electron chi connectivity index (χ0n) is 14.8. The van der Waals surface area contributed by atoms with Gasteiger partial charge >= 0.3 is 5.97 Å². The van der Waals surface area contributed by atoms with Gasteiger partial charge in [-0.05, 0) is 30.9 Å². The summed E-state index contributed by atoms with van der Waals surface area (Å²) in [5, 5.41) is 4.76. The van der Waals surface area contributed by atoms with E-state index in [0.29, 0.717) is 19.4 Å². The number of para-hydroxylation sites is 1. The molecule has 26 heavy (non-hydrogen) atoms. The van der Waals surface area contributed by atoms with Gasteiger partial charge in [-0.2, -0.15) is 0 Å². The highest BCUT2D eigenvalue weighted by Gasteiger charge is 2.26. The number of aryl methyl sites for hydroxylation is 2. The third kappa shape index (κ3) is 4.60. The lowest BCUT2D eigenvalue weighted by molar-refractivity contribution is -0.144. The van der Waals surface area contributed by atoms with E-state index in [0.717, 1.165) is 30.8 Å². The van der Waals surface area contributed by atoms with Gasteiger partial charge in [0.25, 0.3) is 0 Å². The first kappa shape index (κ1) is 18.4. The summed E-state index contributed by atoms with van der Waals surface area (Å²) in [6.07, 6.45) is 2.93. The number of aromatic nitrogens is 1. The van der Waals surface area contributed by atoms with Crippen molar-refractivity contribution in [3.63, 3.8) is 0 Å². The fourth-order valence-electron chi connectivity index (χ4n) is 3.21. The van der Waals surface area contributed by atoms with Crippen LogP contribution in [-0.4, -0.2) is 43.1 Å². The third-order valence-electron chi connectivity index (χ3n) is 4.52. The average Bonchev–Trinajstić information content (AvgIpc) is 3.19. The second kappa shape index (κ2) is 8.80. The number of methoxy groups -OCH3 is 1. The number of hydrogen-bond acceptors (Lipinski definition) is 6. The maximum Gasteiger partial charge on any atom is 0.330 e. The smallest absolute Gasteiger partial charge is 0.330 e. The normalized spacial score (nSPS) is 14.4. The largest absolute Gasteiger partial charge is 0.467 e. The number of hydrogen-bond donors (Lipinski definition) is 1. The maximum absolute atomic E-state index is 12.3. The zero-order chi connectivity index (χ0) is 18.4. The standard InChI is InChI=1S/C19H23N3O3S/c1-25-19(24)16(21-18(23)9-8-15-12-26-13-20-15)11-22-10-4-6-14-5-2-3-7-17(14)22/h2-3,5,7,12-13,16H,4,6,8-11H2,1H3,(H,21,23). The van der Waals surface area contributed by atoms with Gasteiger partial charge in [-0.1, -0.05) is 18.2 Å². The average molecular weight is 373 g/mol. The van der Waals surface area contributed by atoms with Gasteiger partial charge in [0.2, 0.25) is 5.91 Å². The molecule has 0 saturated carbocycles. The highest BCUT2D eigenvalue weighted by Crippen LogP contribution is 2.26. The van der Waals surface area contributed by atoms with Gasteiger partial charge in [0, 0.05) is 30.6 Å². The lowest BCUT2D eigenvalue weighted by Gasteiger charge is -2.33. The highest BCUT2D eigenvalue weighted by atomic mass is 32.1. The molecule has 0 fully saturated rings. The number of ether oxygens (including phenoxy) is 1. The molecule has 138 valence electrons. The van der Waals surface area contributed by atoms with Crippen LogP contribution in [0.15, 0.2) is 35.2 Å². The van der Waals surface area contributed by atoms with Crippen molar-refractivity contribution in [1.82, 2.24) is 10.3 Å². The Kier molecular flexibility index (Phi) is 6.22. The Labute approximate surface area is 157 Å². The van der Waals surface area contributed by atoms with Gasteiger partial charge in [-0.3, -0.25) is 4.79 Å². The molecule has 1 aromatic carbocycles. The summed E-state index contributed by atoms with van der Waals surface area (Å²) in [7, 11) is 1.35. The van der Waals surface area contributed by atoms with Gasteiger partial charge in [0.1, 0.15) is 6.04 Å². The first-order chi connectivity index (χ1) is 12.7. The number of carbonyl (C=O) groups is 2. The molecule has 1 atom stereocenters. The monoisotopic (exact) mass is 373 g/mol. The lowest BCUT2D eigenvalue weighted by atomic mass is 10.0. The topological polar surface area (TPSA) is 71.5 Å². The van der Waals surface area contributed by atoms with Crippen molar-refractivity contribution in [1.29, 1.82) is 0 Å². The Morgan fingerprint density at radius 3 is 3.00 bits per heavy atom. The van der Waals surface area contributed by atoms with Crippen LogP contribution < -0.4 is 10.2 Å². The minimum Gasteiger partial charge on any atom is -0.467 e. The Morgan fingerprint density at radius 2 is 2.23 bits per heavy atom. The quantitative estimate of drug-likeness (QED) is 0.754. The number of esters is 1. The molecule has 1 aliphatic heterocycles. The fraction of sp³-hybridized carbons (Fsp3) is 0.421. The fourth-order valence-corrected chi connectivity index (χ4v) is 3.80. The lowest BCUT2D eigenvalue weighted by Crippen LogP contribution is -2.50. The van der Waals surface area contributed by atoms with Gasteiger partial charge < -0.3 is 15.0 Å². The highest BCUT2D eigenvalue weighted by molar-refractivity contribution is 7.07.